The van der Waals surface area contributed by atoms with Gasteiger partial charge in [-0.05, 0) is 12.1 Å². The summed E-state index contributed by atoms with van der Waals surface area (Å²) in [6, 6.07) is 9.23. The van der Waals surface area contributed by atoms with Gasteiger partial charge in [-0.3, -0.25) is 0 Å². The quantitative estimate of drug-likeness (QED) is 0.547. The highest BCUT2D eigenvalue weighted by atomic mass is 16.5. The molecule has 0 bridgehead atoms. The van der Waals surface area contributed by atoms with Gasteiger partial charge in [-0.2, -0.15) is 0 Å². The Bertz CT molecular complexity index is 332. The molecule has 0 radical (unpaired) electrons. The van der Waals surface area contributed by atoms with Crippen LogP contribution in [0.4, 0.5) is 5.69 Å². The van der Waals surface area contributed by atoms with Crippen LogP contribution in [0.2, 0.25) is 0 Å². The van der Waals surface area contributed by atoms with Crippen LogP contribution in [0, 0.1) is 0 Å². The number of ether oxygens (including phenoxy) is 1. The van der Waals surface area contributed by atoms with Gasteiger partial charge in [0.05, 0.1) is 6.61 Å². The highest BCUT2D eigenvalue weighted by Crippen LogP contribution is 2.18. The van der Waals surface area contributed by atoms with Crippen molar-refractivity contribution in [3.05, 3.63) is 30.3 Å². The van der Waals surface area contributed by atoms with Crippen molar-refractivity contribution in [3.8, 4) is 0 Å². The number of benzene rings is 1. The Kier molecular flexibility index (Phi) is 3.40. The van der Waals surface area contributed by atoms with Gasteiger partial charge in [0.15, 0.2) is 6.23 Å². The Balaban J connectivity index is 2.00. The van der Waals surface area contributed by atoms with Crippen LogP contribution in [0.15, 0.2) is 30.3 Å². The SMILES string of the molecule is O[C@@H]1[C@@H](O)[C@H](Nc2ccccc2)OC[C@H]1O. The van der Waals surface area contributed by atoms with E-state index in [4.69, 9.17) is 4.74 Å². The molecule has 1 aromatic carbocycles. The predicted octanol–water partition coefficient (Wildman–Crippen LogP) is -0.463. The lowest BCUT2D eigenvalue weighted by Gasteiger charge is -2.35. The van der Waals surface area contributed by atoms with E-state index in [0.29, 0.717) is 0 Å². The second kappa shape index (κ2) is 4.80. The predicted molar refractivity (Wildman–Crippen MR) is 57.8 cm³/mol. The van der Waals surface area contributed by atoms with Crippen LogP contribution in [0.25, 0.3) is 0 Å². The molecule has 1 aromatic rings. The van der Waals surface area contributed by atoms with Gasteiger partial charge in [-0.15, -0.1) is 0 Å². The summed E-state index contributed by atoms with van der Waals surface area (Å²) in [6.07, 6.45) is -4.08. The largest absolute Gasteiger partial charge is 0.388 e. The minimum atomic E-state index is -1.19. The van der Waals surface area contributed by atoms with E-state index >= 15 is 0 Å². The van der Waals surface area contributed by atoms with Gasteiger partial charge in [-0.25, -0.2) is 0 Å². The summed E-state index contributed by atoms with van der Waals surface area (Å²) in [4.78, 5) is 0. The molecular formula is C11H15NO4. The van der Waals surface area contributed by atoms with E-state index < -0.39 is 24.5 Å². The molecule has 0 aromatic heterocycles. The first-order valence-electron chi connectivity index (χ1n) is 5.16. The highest BCUT2D eigenvalue weighted by molar-refractivity contribution is 5.43. The second-order valence-corrected chi connectivity index (χ2v) is 3.81. The van der Waals surface area contributed by atoms with Gasteiger partial charge in [0.2, 0.25) is 0 Å². The average Bonchev–Trinajstić information content (AvgIpc) is 2.31. The van der Waals surface area contributed by atoms with Crippen molar-refractivity contribution in [1.82, 2.24) is 0 Å². The average molecular weight is 225 g/mol. The monoisotopic (exact) mass is 225 g/mol. The van der Waals surface area contributed by atoms with Gasteiger partial charge in [-0.1, -0.05) is 18.2 Å². The Hall–Kier alpha value is -1.14. The lowest BCUT2D eigenvalue weighted by molar-refractivity contribution is -0.178. The molecule has 0 unspecified atom stereocenters. The van der Waals surface area contributed by atoms with E-state index in [-0.39, 0.29) is 6.61 Å². The van der Waals surface area contributed by atoms with Crippen LogP contribution in [0.1, 0.15) is 0 Å². The third-order valence-electron chi connectivity index (χ3n) is 2.58. The zero-order chi connectivity index (χ0) is 11.5. The third kappa shape index (κ3) is 2.33. The molecule has 1 saturated heterocycles. The lowest BCUT2D eigenvalue weighted by atomic mass is 10.0. The maximum Gasteiger partial charge on any atom is 0.156 e. The van der Waals surface area contributed by atoms with Crippen LogP contribution in [-0.2, 0) is 4.74 Å². The van der Waals surface area contributed by atoms with Crippen LogP contribution in [0.5, 0.6) is 0 Å². The molecule has 0 spiro atoms. The molecule has 2 rings (SSSR count). The topological polar surface area (TPSA) is 82.0 Å². The molecule has 5 nitrogen and oxygen atoms in total. The van der Waals surface area contributed by atoms with E-state index in [1.807, 2.05) is 30.3 Å². The smallest absolute Gasteiger partial charge is 0.156 e. The molecule has 0 aliphatic carbocycles. The number of nitrogens with one attached hydrogen (secondary N) is 1. The Labute approximate surface area is 93.3 Å². The molecule has 4 N–H and O–H groups in total. The molecule has 1 aliphatic rings. The van der Waals surface area contributed by atoms with E-state index in [1.54, 1.807) is 0 Å². The zero-order valence-corrected chi connectivity index (χ0v) is 8.65. The molecule has 5 heteroatoms. The summed E-state index contributed by atoms with van der Waals surface area (Å²) in [7, 11) is 0. The van der Waals surface area contributed by atoms with Gasteiger partial charge < -0.3 is 25.4 Å². The number of anilines is 1. The van der Waals surface area contributed by atoms with Crippen molar-refractivity contribution >= 4 is 5.69 Å². The molecule has 1 fully saturated rings. The standard InChI is InChI=1S/C11H15NO4/c13-8-6-16-11(10(15)9(8)14)12-7-4-2-1-3-5-7/h1-5,8-15H,6H2/t8-,9+,10-,11-/m1/s1. The molecule has 1 heterocycles. The van der Waals surface area contributed by atoms with Crippen molar-refractivity contribution in [3.63, 3.8) is 0 Å². The molecule has 1 aliphatic heterocycles. The van der Waals surface area contributed by atoms with E-state index in [2.05, 4.69) is 5.32 Å². The summed E-state index contributed by atoms with van der Waals surface area (Å²) in [5, 5.41) is 31.4. The molecule has 16 heavy (non-hydrogen) atoms. The van der Waals surface area contributed by atoms with Crippen LogP contribution in [-0.4, -0.2) is 46.5 Å². The molecule has 88 valence electrons. The van der Waals surface area contributed by atoms with Crippen molar-refractivity contribution in [2.75, 3.05) is 11.9 Å². The number of hydrogen-bond acceptors (Lipinski definition) is 5. The maximum atomic E-state index is 9.67. The molecule has 4 atom stereocenters. The highest BCUT2D eigenvalue weighted by Gasteiger charge is 2.37. The van der Waals surface area contributed by atoms with Gasteiger partial charge in [0.25, 0.3) is 0 Å². The van der Waals surface area contributed by atoms with Gasteiger partial charge in [0.1, 0.15) is 18.3 Å². The summed E-state index contributed by atoms with van der Waals surface area (Å²) in [6.45, 7) is 0.00271. The molecule has 0 saturated carbocycles. The Morgan fingerprint density at radius 2 is 1.75 bits per heavy atom. The Morgan fingerprint density at radius 3 is 2.44 bits per heavy atom. The van der Waals surface area contributed by atoms with Crippen molar-refractivity contribution in [2.24, 2.45) is 0 Å². The minimum Gasteiger partial charge on any atom is -0.388 e. The van der Waals surface area contributed by atoms with Crippen LogP contribution in [0.3, 0.4) is 0 Å². The minimum absolute atomic E-state index is 0.00271. The number of rotatable bonds is 2. The number of aliphatic hydroxyl groups excluding tert-OH is 3. The first-order valence-corrected chi connectivity index (χ1v) is 5.16. The lowest BCUT2D eigenvalue weighted by Crippen LogP contribution is -2.55. The van der Waals surface area contributed by atoms with E-state index in [1.165, 1.54) is 0 Å². The van der Waals surface area contributed by atoms with Gasteiger partial charge >= 0.3 is 0 Å². The number of hydrogen-bond donors (Lipinski definition) is 4. The first kappa shape index (κ1) is 11.3. The van der Waals surface area contributed by atoms with E-state index in [0.717, 1.165) is 5.69 Å². The number of para-hydroxylation sites is 1. The van der Waals surface area contributed by atoms with Crippen molar-refractivity contribution in [1.29, 1.82) is 0 Å². The molecular weight excluding hydrogens is 210 g/mol. The normalized spacial score (nSPS) is 34.7. The third-order valence-corrected chi connectivity index (χ3v) is 2.58. The maximum absolute atomic E-state index is 9.67. The number of aliphatic hydroxyl groups is 3. The summed E-state index contributed by atoms with van der Waals surface area (Å²) < 4.78 is 5.21. The van der Waals surface area contributed by atoms with Crippen molar-refractivity contribution < 1.29 is 20.1 Å². The fourth-order valence-corrected chi connectivity index (χ4v) is 1.63. The van der Waals surface area contributed by atoms with Gasteiger partial charge in [0, 0.05) is 5.69 Å². The van der Waals surface area contributed by atoms with Crippen LogP contribution >= 0.6 is 0 Å². The summed E-state index contributed by atoms with van der Waals surface area (Å²) >= 11 is 0. The van der Waals surface area contributed by atoms with Crippen molar-refractivity contribution in [2.45, 2.75) is 24.5 Å². The fraction of sp³-hybridized carbons (Fsp3) is 0.455. The summed E-state index contributed by atoms with van der Waals surface area (Å²) in [5.74, 6) is 0. The Morgan fingerprint density at radius 1 is 1.06 bits per heavy atom. The fourth-order valence-electron chi connectivity index (χ4n) is 1.63. The van der Waals surface area contributed by atoms with Crippen LogP contribution < -0.4 is 5.32 Å². The summed E-state index contributed by atoms with van der Waals surface area (Å²) in [5.41, 5.74) is 0.787. The van der Waals surface area contributed by atoms with E-state index in [9.17, 15) is 15.3 Å². The first-order chi connectivity index (χ1) is 7.68. The molecule has 0 amide bonds. The zero-order valence-electron chi connectivity index (χ0n) is 8.65. The second-order valence-electron chi connectivity index (χ2n) is 3.81.